The maximum Gasteiger partial charge on any atom is 0.260 e. The van der Waals surface area contributed by atoms with E-state index in [2.05, 4.69) is 5.10 Å². The average Bonchev–Trinajstić information content (AvgIpc) is 2.70. The van der Waals surface area contributed by atoms with Crippen LogP contribution in [-0.2, 0) is 16.6 Å². The van der Waals surface area contributed by atoms with Gasteiger partial charge in [0.25, 0.3) is 10.0 Å². The van der Waals surface area contributed by atoms with Gasteiger partial charge in [0.2, 0.25) is 0 Å². The number of piperidine rings is 1. The fourth-order valence-electron chi connectivity index (χ4n) is 2.62. The lowest BCUT2D eigenvalue weighted by molar-refractivity contribution is 0.245. The molecule has 20 heavy (non-hydrogen) atoms. The van der Waals surface area contributed by atoms with Crippen LogP contribution in [-0.4, -0.2) is 41.1 Å². The first kappa shape index (κ1) is 17.4. The maximum absolute atomic E-state index is 12.7. The van der Waals surface area contributed by atoms with Gasteiger partial charge < -0.3 is 5.73 Å². The molecule has 6 nitrogen and oxygen atoms in total. The lowest BCUT2D eigenvalue weighted by Gasteiger charge is -2.35. The molecule has 2 rings (SSSR count). The highest BCUT2D eigenvalue weighted by atomic mass is 35.5. The smallest absolute Gasteiger partial charge is 0.260 e. The van der Waals surface area contributed by atoms with Gasteiger partial charge in [-0.15, -0.1) is 12.4 Å². The summed E-state index contributed by atoms with van der Waals surface area (Å²) in [6, 6.07) is 1.67. The first-order valence-corrected chi connectivity index (χ1v) is 8.12. The van der Waals surface area contributed by atoms with Crippen molar-refractivity contribution in [1.82, 2.24) is 14.1 Å². The van der Waals surface area contributed by atoms with Gasteiger partial charge in [-0.3, -0.25) is 4.68 Å². The summed E-state index contributed by atoms with van der Waals surface area (Å²) in [7, 11) is -3.48. The van der Waals surface area contributed by atoms with Crippen LogP contribution in [0, 0.1) is 6.92 Å². The van der Waals surface area contributed by atoms with E-state index in [0.717, 1.165) is 5.69 Å². The normalized spacial score (nSPS) is 24.4. The van der Waals surface area contributed by atoms with Gasteiger partial charge in [-0.1, -0.05) is 0 Å². The van der Waals surface area contributed by atoms with Gasteiger partial charge in [0.1, 0.15) is 0 Å². The Kier molecular flexibility index (Phi) is 5.60. The van der Waals surface area contributed by atoms with Gasteiger partial charge >= 0.3 is 0 Å². The third-order valence-corrected chi connectivity index (χ3v) is 5.61. The summed E-state index contributed by atoms with van der Waals surface area (Å²) in [5.74, 6) is 0. The molecule has 1 saturated heterocycles. The molecule has 0 radical (unpaired) electrons. The molecular weight excluding hydrogens is 300 g/mol. The summed E-state index contributed by atoms with van der Waals surface area (Å²) in [5, 5.41) is 4.50. The van der Waals surface area contributed by atoms with Gasteiger partial charge in [0.15, 0.2) is 5.03 Å². The summed E-state index contributed by atoms with van der Waals surface area (Å²) < 4.78 is 28.5. The minimum atomic E-state index is -3.48. The predicted molar refractivity (Wildman–Crippen MR) is 80.4 cm³/mol. The Hall–Kier alpha value is -0.630. The Morgan fingerprint density at radius 1 is 1.50 bits per heavy atom. The number of halogens is 1. The number of aromatic nitrogens is 2. The van der Waals surface area contributed by atoms with E-state index >= 15 is 0 Å². The molecule has 1 aliphatic rings. The van der Waals surface area contributed by atoms with Crippen LogP contribution in [0.2, 0.25) is 0 Å². The van der Waals surface area contributed by atoms with Gasteiger partial charge in [0, 0.05) is 25.2 Å². The Bertz CT molecular complexity index is 558. The number of hydrogen-bond donors (Lipinski definition) is 1. The van der Waals surface area contributed by atoms with Gasteiger partial charge in [-0.05, 0) is 39.7 Å². The Morgan fingerprint density at radius 3 is 2.70 bits per heavy atom. The molecule has 2 heterocycles. The fourth-order valence-corrected chi connectivity index (χ4v) is 4.52. The number of nitrogens with two attached hydrogens (primary N) is 1. The van der Waals surface area contributed by atoms with Crippen LogP contribution < -0.4 is 5.73 Å². The highest BCUT2D eigenvalue weighted by molar-refractivity contribution is 7.89. The molecule has 0 unspecified atom stereocenters. The van der Waals surface area contributed by atoms with Crippen molar-refractivity contribution in [2.75, 3.05) is 6.54 Å². The van der Waals surface area contributed by atoms with Crippen molar-refractivity contribution in [2.24, 2.45) is 5.73 Å². The standard InChI is InChI=1S/C12H22N4O2S.ClH/c1-4-15-12(7-9(2)14-15)19(17,18)16-6-5-11(13)8-10(16)3;/h7,10-11H,4-6,8,13H2,1-3H3;1H/t10-,11+;/m1./s1. The molecule has 1 aromatic heterocycles. The zero-order valence-corrected chi connectivity index (χ0v) is 13.7. The van der Waals surface area contributed by atoms with Crippen LogP contribution in [0.25, 0.3) is 0 Å². The number of rotatable bonds is 3. The monoisotopic (exact) mass is 322 g/mol. The molecule has 0 spiro atoms. The van der Waals surface area contributed by atoms with Crippen LogP contribution in [0.1, 0.15) is 32.4 Å². The van der Waals surface area contributed by atoms with Gasteiger partial charge in [-0.25, -0.2) is 8.42 Å². The van der Waals surface area contributed by atoms with Crippen molar-refractivity contribution in [3.8, 4) is 0 Å². The largest absolute Gasteiger partial charge is 0.328 e. The van der Waals surface area contributed by atoms with Crippen LogP contribution >= 0.6 is 12.4 Å². The number of hydrogen-bond acceptors (Lipinski definition) is 4. The van der Waals surface area contributed by atoms with Crippen LogP contribution in [0.4, 0.5) is 0 Å². The van der Waals surface area contributed by atoms with E-state index in [1.807, 2.05) is 13.8 Å². The first-order valence-electron chi connectivity index (χ1n) is 6.68. The Balaban J connectivity index is 0.00000200. The van der Waals surface area contributed by atoms with Gasteiger partial charge in [-0.2, -0.15) is 9.40 Å². The van der Waals surface area contributed by atoms with Crippen molar-refractivity contribution >= 4 is 22.4 Å². The van der Waals surface area contributed by atoms with E-state index in [9.17, 15) is 8.42 Å². The third kappa shape index (κ3) is 3.16. The molecule has 0 aliphatic carbocycles. The van der Waals surface area contributed by atoms with Crippen molar-refractivity contribution in [2.45, 2.75) is 57.3 Å². The summed E-state index contributed by atoms with van der Waals surface area (Å²) in [4.78, 5) is 0. The van der Waals surface area contributed by atoms with E-state index in [1.165, 1.54) is 0 Å². The van der Waals surface area contributed by atoms with E-state index in [0.29, 0.717) is 25.9 Å². The highest BCUT2D eigenvalue weighted by Crippen LogP contribution is 2.25. The second-order valence-electron chi connectivity index (χ2n) is 5.19. The highest BCUT2D eigenvalue weighted by Gasteiger charge is 2.35. The van der Waals surface area contributed by atoms with Crippen LogP contribution in [0.5, 0.6) is 0 Å². The number of aryl methyl sites for hydroxylation is 2. The third-order valence-electron chi connectivity index (χ3n) is 3.59. The maximum atomic E-state index is 12.7. The lowest BCUT2D eigenvalue weighted by atomic mass is 10.0. The average molecular weight is 323 g/mol. The molecular formula is C12H23ClN4O2S. The predicted octanol–water partition coefficient (Wildman–Crippen LogP) is 1.13. The molecule has 2 atom stereocenters. The van der Waals surface area contributed by atoms with Crippen molar-refractivity contribution in [1.29, 1.82) is 0 Å². The van der Waals surface area contributed by atoms with E-state index in [-0.39, 0.29) is 29.5 Å². The summed E-state index contributed by atoms with van der Waals surface area (Å²) in [6.45, 7) is 6.64. The molecule has 0 bridgehead atoms. The molecule has 1 aromatic rings. The molecule has 8 heteroatoms. The number of sulfonamides is 1. The van der Waals surface area contributed by atoms with Gasteiger partial charge in [0.05, 0.1) is 5.69 Å². The van der Waals surface area contributed by atoms with Crippen molar-refractivity contribution in [3.05, 3.63) is 11.8 Å². The Labute approximate surface area is 126 Å². The molecule has 2 N–H and O–H groups in total. The Morgan fingerprint density at radius 2 is 2.15 bits per heavy atom. The molecule has 116 valence electrons. The SMILES string of the molecule is CCn1nc(C)cc1S(=O)(=O)N1CC[C@H](N)C[C@H]1C.Cl. The topological polar surface area (TPSA) is 81.2 Å². The minimum Gasteiger partial charge on any atom is -0.328 e. The van der Waals surface area contributed by atoms with E-state index in [4.69, 9.17) is 5.73 Å². The molecule has 1 fully saturated rings. The zero-order chi connectivity index (χ0) is 14.2. The second kappa shape index (κ2) is 6.43. The fraction of sp³-hybridized carbons (Fsp3) is 0.750. The van der Waals surface area contributed by atoms with Crippen LogP contribution in [0.3, 0.4) is 0 Å². The second-order valence-corrected chi connectivity index (χ2v) is 7.03. The molecule has 0 saturated carbocycles. The number of nitrogens with zero attached hydrogens (tertiary/aromatic N) is 3. The van der Waals surface area contributed by atoms with Crippen molar-refractivity contribution < 1.29 is 8.42 Å². The molecule has 1 aliphatic heterocycles. The van der Waals surface area contributed by atoms with Crippen LogP contribution in [0.15, 0.2) is 11.1 Å². The molecule has 0 aromatic carbocycles. The first-order chi connectivity index (χ1) is 8.86. The molecule has 0 amide bonds. The zero-order valence-electron chi connectivity index (χ0n) is 12.1. The van der Waals surface area contributed by atoms with E-state index in [1.54, 1.807) is 22.0 Å². The van der Waals surface area contributed by atoms with E-state index < -0.39 is 10.0 Å². The summed E-state index contributed by atoms with van der Waals surface area (Å²) in [6.07, 6.45) is 1.42. The quantitative estimate of drug-likeness (QED) is 0.904. The summed E-state index contributed by atoms with van der Waals surface area (Å²) in [5.41, 5.74) is 6.61. The summed E-state index contributed by atoms with van der Waals surface area (Å²) >= 11 is 0. The lowest BCUT2D eigenvalue weighted by Crippen LogP contribution is -2.48. The minimum absolute atomic E-state index is 0. The van der Waals surface area contributed by atoms with Crippen molar-refractivity contribution in [3.63, 3.8) is 0 Å².